The Hall–Kier alpha value is -2.35. The molecule has 1 aromatic carbocycles. The third kappa shape index (κ3) is 5.87. The van der Waals surface area contributed by atoms with Gasteiger partial charge < -0.3 is 21.1 Å². The van der Waals surface area contributed by atoms with Gasteiger partial charge in [-0.1, -0.05) is 51.6 Å². The number of aromatic nitrogens is 3. The van der Waals surface area contributed by atoms with E-state index in [2.05, 4.69) is 47.0 Å². The number of rotatable bonds is 7. The lowest BCUT2D eigenvalue weighted by Crippen LogP contribution is -2.43. The van der Waals surface area contributed by atoms with Crippen LogP contribution >= 0.6 is 12.4 Å². The fourth-order valence-electron chi connectivity index (χ4n) is 3.76. The van der Waals surface area contributed by atoms with Crippen molar-refractivity contribution in [3.05, 3.63) is 53.7 Å². The van der Waals surface area contributed by atoms with Crippen LogP contribution in [0.1, 0.15) is 44.7 Å². The van der Waals surface area contributed by atoms with Gasteiger partial charge in [0.25, 0.3) is 0 Å². The molecule has 4 N–H and O–H groups in total. The lowest BCUT2D eigenvalue weighted by Gasteiger charge is -2.28. The van der Waals surface area contributed by atoms with E-state index in [4.69, 9.17) is 4.98 Å². The number of hydrogen-bond donors (Lipinski definition) is 4. The fourth-order valence-corrected chi connectivity index (χ4v) is 3.76. The largest absolute Gasteiger partial charge is 0.391 e. The molecule has 0 aliphatic carbocycles. The molecular formula is C23H35ClN6O. The van der Waals surface area contributed by atoms with Gasteiger partial charge in [0.2, 0.25) is 0 Å². The van der Waals surface area contributed by atoms with Crippen LogP contribution in [0.25, 0.3) is 5.65 Å². The Morgan fingerprint density at radius 2 is 2.00 bits per heavy atom. The van der Waals surface area contributed by atoms with Crippen molar-refractivity contribution in [3.8, 4) is 0 Å². The van der Waals surface area contributed by atoms with Crippen molar-refractivity contribution >= 4 is 29.7 Å². The molecule has 31 heavy (non-hydrogen) atoms. The standard InChI is InChI=1S/C22H30N6O.CH4.ClH/c1-15(2)18-13-26-28-21(25-11-16-6-4-3-5-7-16)10-20(27-22(18)28)24-12-17-8-9-23-14-19(17)29;;/h3-7,10,13,15,17,19,23,25,29H,8-9,11-12,14H2,1-2H3,(H,24,27);1H4;1H/t17-,19+;;/m1../s1. The van der Waals surface area contributed by atoms with Crippen LogP contribution in [0.4, 0.5) is 11.6 Å². The summed E-state index contributed by atoms with van der Waals surface area (Å²) in [4.78, 5) is 4.83. The van der Waals surface area contributed by atoms with Crippen LogP contribution in [0, 0.1) is 5.92 Å². The molecule has 0 unspecified atom stereocenters. The Bertz CT molecular complexity index is 946. The molecule has 1 fully saturated rings. The van der Waals surface area contributed by atoms with Crippen LogP contribution in [-0.4, -0.2) is 45.4 Å². The molecule has 3 aromatic rings. The van der Waals surface area contributed by atoms with Crippen LogP contribution in [0.3, 0.4) is 0 Å². The van der Waals surface area contributed by atoms with Gasteiger partial charge in [-0.15, -0.1) is 12.4 Å². The number of anilines is 2. The van der Waals surface area contributed by atoms with E-state index < -0.39 is 0 Å². The Kier molecular flexibility index (Phi) is 9.10. The van der Waals surface area contributed by atoms with Crippen molar-refractivity contribution in [3.63, 3.8) is 0 Å². The van der Waals surface area contributed by atoms with E-state index in [1.54, 1.807) is 0 Å². The molecule has 0 spiro atoms. The predicted octanol–water partition coefficient (Wildman–Crippen LogP) is 3.91. The zero-order valence-electron chi connectivity index (χ0n) is 17.5. The first-order valence-electron chi connectivity index (χ1n) is 10.4. The molecule has 0 radical (unpaired) electrons. The quantitative estimate of drug-likeness (QED) is 0.440. The van der Waals surface area contributed by atoms with Crippen LogP contribution in [0.2, 0.25) is 0 Å². The van der Waals surface area contributed by atoms with Gasteiger partial charge in [0, 0.05) is 37.2 Å². The second-order valence-electron chi connectivity index (χ2n) is 8.06. The fraction of sp³-hybridized carbons (Fsp3) is 0.478. The molecular weight excluding hydrogens is 412 g/mol. The van der Waals surface area contributed by atoms with Crippen LogP contribution < -0.4 is 16.0 Å². The molecule has 3 heterocycles. The highest BCUT2D eigenvalue weighted by Crippen LogP contribution is 2.25. The summed E-state index contributed by atoms with van der Waals surface area (Å²) in [5.41, 5.74) is 3.20. The average Bonchev–Trinajstić information content (AvgIpc) is 3.16. The molecule has 0 amide bonds. The van der Waals surface area contributed by atoms with E-state index in [0.717, 1.165) is 35.8 Å². The molecule has 7 nitrogen and oxygen atoms in total. The summed E-state index contributed by atoms with van der Waals surface area (Å²) in [5, 5.41) is 25.0. The molecule has 8 heteroatoms. The zero-order chi connectivity index (χ0) is 20.2. The summed E-state index contributed by atoms with van der Waals surface area (Å²) in [6, 6.07) is 12.3. The lowest BCUT2D eigenvalue weighted by molar-refractivity contribution is 0.0883. The van der Waals surface area contributed by atoms with Crippen molar-refractivity contribution < 1.29 is 5.11 Å². The van der Waals surface area contributed by atoms with Gasteiger partial charge in [-0.05, 0) is 24.4 Å². The maximum atomic E-state index is 10.2. The highest BCUT2D eigenvalue weighted by molar-refractivity contribution is 5.85. The number of piperidine rings is 1. The number of aliphatic hydroxyl groups excluding tert-OH is 1. The second-order valence-corrected chi connectivity index (χ2v) is 8.06. The van der Waals surface area contributed by atoms with E-state index >= 15 is 0 Å². The monoisotopic (exact) mass is 446 g/mol. The van der Waals surface area contributed by atoms with E-state index in [1.165, 1.54) is 5.56 Å². The van der Waals surface area contributed by atoms with Crippen molar-refractivity contribution in [2.45, 2.75) is 46.3 Å². The number of halogens is 1. The van der Waals surface area contributed by atoms with E-state index in [9.17, 15) is 5.11 Å². The number of nitrogens with zero attached hydrogens (tertiary/aromatic N) is 3. The molecule has 2 atom stereocenters. The normalized spacial score (nSPS) is 18.3. The van der Waals surface area contributed by atoms with Gasteiger partial charge in [0.15, 0.2) is 5.65 Å². The number of nitrogens with one attached hydrogen (secondary N) is 3. The molecule has 1 saturated heterocycles. The maximum absolute atomic E-state index is 10.2. The van der Waals surface area contributed by atoms with Gasteiger partial charge in [0.05, 0.1) is 12.3 Å². The van der Waals surface area contributed by atoms with Crippen molar-refractivity contribution in [1.82, 2.24) is 19.9 Å². The third-order valence-electron chi connectivity index (χ3n) is 5.57. The number of benzene rings is 1. The van der Waals surface area contributed by atoms with Gasteiger partial charge in [-0.25, -0.2) is 4.98 Å². The van der Waals surface area contributed by atoms with Crippen LogP contribution in [0.15, 0.2) is 42.6 Å². The first-order valence-corrected chi connectivity index (χ1v) is 10.4. The van der Waals surface area contributed by atoms with Crippen molar-refractivity contribution in [2.24, 2.45) is 5.92 Å². The summed E-state index contributed by atoms with van der Waals surface area (Å²) in [7, 11) is 0. The molecule has 1 aliphatic rings. The van der Waals surface area contributed by atoms with Gasteiger partial charge in [0.1, 0.15) is 11.6 Å². The summed E-state index contributed by atoms with van der Waals surface area (Å²) < 4.78 is 1.88. The number of hydrogen-bond acceptors (Lipinski definition) is 6. The van der Waals surface area contributed by atoms with E-state index in [-0.39, 0.29) is 31.9 Å². The zero-order valence-corrected chi connectivity index (χ0v) is 18.3. The summed E-state index contributed by atoms with van der Waals surface area (Å²) >= 11 is 0. The Balaban J connectivity index is 0.00000171. The molecule has 0 saturated carbocycles. The first kappa shape index (κ1) is 24.9. The first-order chi connectivity index (χ1) is 14.1. The minimum absolute atomic E-state index is 0. The average molecular weight is 447 g/mol. The smallest absolute Gasteiger partial charge is 0.163 e. The van der Waals surface area contributed by atoms with Crippen LogP contribution in [0.5, 0.6) is 0 Å². The van der Waals surface area contributed by atoms with E-state index in [0.29, 0.717) is 25.6 Å². The van der Waals surface area contributed by atoms with Crippen LogP contribution in [-0.2, 0) is 6.54 Å². The SMILES string of the molecule is C.CC(C)c1cnn2c(NCc3ccccc3)cc(NC[C@H]3CCNC[C@@H]3O)nc12.Cl. The second kappa shape index (κ2) is 11.3. The number of fused-ring (bicyclic) bond motifs is 1. The topological polar surface area (TPSA) is 86.5 Å². The number of β-amino-alcohol motifs (C(OH)–C–C–N with tert-alkyl or cyclic N) is 1. The molecule has 2 aromatic heterocycles. The molecule has 170 valence electrons. The summed E-state index contributed by atoms with van der Waals surface area (Å²) in [6.45, 7) is 7.32. The minimum Gasteiger partial charge on any atom is -0.391 e. The van der Waals surface area contributed by atoms with Crippen molar-refractivity contribution in [1.29, 1.82) is 0 Å². The Morgan fingerprint density at radius 3 is 2.71 bits per heavy atom. The van der Waals surface area contributed by atoms with Gasteiger partial charge in [-0.3, -0.25) is 0 Å². The molecule has 0 bridgehead atoms. The molecule has 4 rings (SSSR count). The van der Waals surface area contributed by atoms with Gasteiger partial charge in [-0.2, -0.15) is 9.61 Å². The summed E-state index contributed by atoms with van der Waals surface area (Å²) in [6.07, 6.45) is 2.54. The highest BCUT2D eigenvalue weighted by atomic mass is 35.5. The number of aliphatic hydroxyl groups is 1. The van der Waals surface area contributed by atoms with Crippen molar-refractivity contribution in [2.75, 3.05) is 30.3 Å². The molecule has 1 aliphatic heterocycles. The van der Waals surface area contributed by atoms with Gasteiger partial charge >= 0.3 is 0 Å². The van der Waals surface area contributed by atoms with E-state index in [1.807, 2.05) is 35.0 Å². The Morgan fingerprint density at radius 1 is 1.23 bits per heavy atom. The minimum atomic E-state index is -0.322. The lowest BCUT2D eigenvalue weighted by atomic mass is 9.95. The predicted molar refractivity (Wildman–Crippen MR) is 130 cm³/mol. The highest BCUT2D eigenvalue weighted by Gasteiger charge is 2.23. The third-order valence-corrected chi connectivity index (χ3v) is 5.57. The maximum Gasteiger partial charge on any atom is 0.163 e. The Labute approximate surface area is 191 Å². The summed E-state index contributed by atoms with van der Waals surface area (Å²) in [5.74, 6) is 2.27.